The van der Waals surface area contributed by atoms with Gasteiger partial charge in [-0.25, -0.2) is 4.21 Å². The minimum atomic E-state index is -2.47. The van der Waals surface area contributed by atoms with Gasteiger partial charge in [-0.05, 0) is 18.4 Å². The number of carbonyl (C=O) groups is 1. The van der Waals surface area contributed by atoms with E-state index in [9.17, 15) is 9.00 Å². The van der Waals surface area contributed by atoms with Crippen molar-refractivity contribution < 1.29 is 13.7 Å². The zero-order valence-corrected chi connectivity index (χ0v) is 12.3. The van der Waals surface area contributed by atoms with E-state index in [-0.39, 0.29) is 6.10 Å². The number of nitrogens with zero attached hydrogens (tertiary/aromatic N) is 1. The maximum Gasteiger partial charge on any atom is 0.270 e. The quantitative estimate of drug-likeness (QED) is 0.892. The molecule has 0 saturated heterocycles. The van der Waals surface area contributed by atoms with E-state index in [1.165, 1.54) is 0 Å². The molecule has 0 fully saturated rings. The molecule has 1 aromatic carbocycles. The van der Waals surface area contributed by atoms with Crippen molar-refractivity contribution in [2.24, 2.45) is 10.1 Å². The first-order chi connectivity index (χ1) is 9.54. The van der Waals surface area contributed by atoms with Crippen molar-refractivity contribution in [3.8, 4) is 0 Å². The lowest BCUT2D eigenvalue weighted by Crippen LogP contribution is -2.37. The van der Waals surface area contributed by atoms with Gasteiger partial charge in [0, 0.05) is 18.6 Å². The molecule has 1 aliphatic heterocycles. The number of hydrogen-bond donors (Lipinski definition) is 1. The molecule has 0 saturated carbocycles. The first-order valence-corrected chi connectivity index (χ1v) is 8.49. The molecule has 0 aliphatic carbocycles. The lowest BCUT2D eigenvalue weighted by Gasteiger charge is -2.20. The monoisotopic (exact) mass is 296 g/mol. The largest absolute Gasteiger partial charge is 0.377 e. The summed E-state index contributed by atoms with van der Waals surface area (Å²) < 4.78 is 21.8. The van der Waals surface area contributed by atoms with E-state index < -0.39 is 21.7 Å². The molecule has 110 valence electrons. The van der Waals surface area contributed by atoms with Crippen LogP contribution in [0.2, 0.25) is 0 Å². The lowest BCUT2D eigenvalue weighted by molar-refractivity contribution is -0.119. The number of methoxy groups -OCH3 is 1. The summed E-state index contributed by atoms with van der Waals surface area (Å²) in [6, 6.07) is 9.17. The molecule has 5 nitrogen and oxygen atoms in total. The Bertz CT molecular complexity index is 579. The molecule has 20 heavy (non-hydrogen) atoms. The van der Waals surface area contributed by atoms with E-state index in [0.717, 1.165) is 5.56 Å². The Morgan fingerprint density at radius 2 is 2.15 bits per heavy atom. The fraction of sp³-hybridized carbons (Fsp3) is 0.500. The second kappa shape index (κ2) is 6.47. The molecule has 3 atom stereocenters. The summed E-state index contributed by atoms with van der Waals surface area (Å²) in [7, 11) is -0.841. The van der Waals surface area contributed by atoms with Gasteiger partial charge in [-0.15, -0.1) is 0 Å². The van der Waals surface area contributed by atoms with Gasteiger partial charge in [-0.1, -0.05) is 30.3 Å². The summed E-state index contributed by atoms with van der Waals surface area (Å²) in [6.45, 7) is 0. The smallest absolute Gasteiger partial charge is 0.270 e. The first kappa shape index (κ1) is 15.2. The molecule has 0 radical (unpaired) electrons. The Balaban J connectivity index is 2.06. The van der Waals surface area contributed by atoms with Crippen LogP contribution in [-0.4, -0.2) is 34.8 Å². The highest BCUT2D eigenvalue weighted by atomic mass is 32.2. The Hall–Kier alpha value is -1.24. The fourth-order valence-corrected chi connectivity index (χ4v) is 4.29. The molecule has 0 aromatic heterocycles. The van der Waals surface area contributed by atoms with Crippen molar-refractivity contribution in [1.82, 2.24) is 0 Å². The van der Waals surface area contributed by atoms with Gasteiger partial charge < -0.3 is 10.5 Å². The van der Waals surface area contributed by atoms with Gasteiger partial charge >= 0.3 is 0 Å². The van der Waals surface area contributed by atoms with Gasteiger partial charge in [0.25, 0.3) is 5.91 Å². The molecule has 3 unspecified atom stereocenters. The van der Waals surface area contributed by atoms with Crippen LogP contribution in [0.5, 0.6) is 0 Å². The summed E-state index contributed by atoms with van der Waals surface area (Å²) in [5.74, 6) is 0.319. The average molecular weight is 296 g/mol. The first-order valence-electron chi connectivity index (χ1n) is 6.64. The third-order valence-electron chi connectivity index (χ3n) is 3.48. The third kappa shape index (κ3) is 3.65. The number of rotatable bonds is 5. The highest BCUT2D eigenvalue weighted by Gasteiger charge is 2.25. The molecule has 1 aliphatic rings. The van der Waals surface area contributed by atoms with Crippen LogP contribution in [0.3, 0.4) is 0 Å². The highest BCUT2D eigenvalue weighted by Crippen LogP contribution is 2.22. The normalized spacial score (nSPS) is 27.9. The molecule has 6 heteroatoms. The number of nitrogens with two attached hydrogens (primary N) is 1. The maximum absolute atomic E-state index is 12.5. The second-order valence-corrected chi connectivity index (χ2v) is 7.47. The minimum Gasteiger partial charge on any atom is -0.377 e. The third-order valence-corrected chi connectivity index (χ3v) is 5.74. The van der Waals surface area contributed by atoms with E-state index in [1.807, 2.05) is 30.3 Å². The number of amides is 1. The fourth-order valence-electron chi connectivity index (χ4n) is 2.24. The molecule has 1 amide bonds. The molecule has 1 heterocycles. The van der Waals surface area contributed by atoms with E-state index in [4.69, 9.17) is 10.5 Å². The Morgan fingerprint density at radius 3 is 2.75 bits per heavy atom. The van der Waals surface area contributed by atoms with Crippen molar-refractivity contribution in [3.05, 3.63) is 35.9 Å². The zero-order valence-electron chi connectivity index (χ0n) is 11.5. The van der Waals surface area contributed by atoms with Crippen LogP contribution in [0, 0.1) is 0 Å². The van der Waals surface area contributed by atoms with Crippen molar-refractivity contribution in [2.75, 3.05) is 18.6 Å². The SMILES string of the molecule is COC(CCS1(=O)=NC(=O)C(N)CC1)c1ccccc1. The summed E-state index contributed by atoms with van der Waals surface area (Å²) in [4.78, 5) is 11.5. The van der Waals surface area contributed by atoms with Crippen molar-refractivity contribution >= 4 is 15.6 Å². The van der Waals surface area contributed by atoms with Gasteiger partial charge in [0.2, 0.25) is 0 Å². The molecule has 0 spiro atoms. The zero-order chi connectivity index (χ0) is 14.6. The number of ether oxygens (including phenoxy) is 1. The van der Waals surface area contributed by atoms with Gasteiger partial charge in [-0.3, -0.25) is 4.79 Å². The summed E-state index contributed by atoms with van der Waals surface area (Å²) in [5.41, 5.74) is 6.62. The predicted octanol–water partition coefficient (Wildman–Crippen LogP) is 1.49. The van der Waals surface area contributed by atoms with Crippen LogP contribution in [0.15, 0.2) is 34.7 Å². The molecular formula is C14H20N2O3S. The van der Waals surface area contributed by atoms with Crippen molar-refractivity contribution in [2.45, 2.75) is 25.0 Å². The topological polar surface area (TPSA) is 81.8 Å². The van der Waals surface area contributed by atoms with E-state index in [1.54, 1.807) is 7.11 Å². The number of benzene rings is 1. The van der Waals surface area contributed by atoms with Crippen LogP contribution >= 0.6 is 0 Å². The van der Waals surface area contributed by atoms with Gasteiger partial charge in [-0.2, -0.15) is 4.36 Å². The summed E-state index contributed by atoms with van der Waals surface area (Å²) >= 11 is 0. The van der Waals surface area contributed by atoms with E-state index in [2.05, 4.69) is 4.36 Å². The van der Waals surface area contributed by atoms with Crippen LogP contribution < -0.4 is 5.73 Å². The van der Waals surface area contributed by atoms with E-state index in [0.29, 0.717) is 24.3 Å². The van der Waals surface area contributed by atoms with Crippen LogP contribution in [0.4, 0.5) is 0 Å². The summed E-state index contributed by atoms with van der Waals surface area (Å²) in [6.07, 6.45) is 0.894. The molecule has 0 bridgehead atoms. The minimum absolute atomic E-state index is 0.129. The maximum atomic E-state index is 12.5. The molecular weight excluding hydrogens is 276 g/mol. The standard InChI is InChI=1S/C14H20N2O3S/c1-19-13(11-5-3-2-4-6-11)8-10-20(18)9-7-12(15)14(17)16-20/h2-6,12-13H,7-10,15H2,1H3. The van der Waals surface area contributed by atoms with Gasteiger partial charge in [0.1, 0.15) is 0 Å². The molecule has 2 N–H and O–H groups in total. The Kier molecular flexibility index (Phi) is 4.91. The van der Waals surface area contributed by atoms with Crippen molar-refractivity contribution in [1.29, 1.82) is 0 Å². The second-order valence-electron chi connectivity index (χ2n) is 4.93. The highest BCUT2D eigenvalue weighted by molar-refractivity contribution is 7.93. The lowest BCUT2D eigenvalue weighted by atomic mass is 10.1. The van der Waals surface area contributed by atoms with E-state index >= 15 is 0 Å². The van der Waals surface area contributed by atoms with Crippen LogP contribution in [-0.2, 0) is 19.3 Å². The average Bonchev–Trinajstić information content (AvgIpc) is 2.45. The van der Waals surface area contributed by atoms with Crippen molar-refractivity contribution in [3.63, 3.8) is 0 Å². The number of hydrogen-bond acceptors (Lipinski definition) is 4. The van der Waals surface area contributed by atoms with Gasteiger partial charge in [0.15, 0.2) is 0 Å². The Morgan fingerprint density at radius 1 is 1.45 bits per heavy atom. The van der Waals surface area contributed by atoms with Gasteiger partial charge in [0.05, 0.1) is 21.9 Å². The van der Waals surface area contributed by atoms with Crippen LogP contribution in [0.1, 0.15) is 24.5 Å². The molecule has 2 rings (SSSR count). The van der Waals surface area contributed by atoms with Crippen LogP contribution in [0.25, 0.3) is 0 Å². The Labute approximate surface area is 119 Å². The summed E-state index contributed by atoms with van der Waals surface area (Å²) in [5, 5.41) is 0. The number of carbonyl (C=O) groups excluding carboxylic acids is 1. The molecule has 1 aromatic rings. The predicted molar refractivity (Wildman–Crippen MR) is 78.7 cm³/mol.